The molecule has 1 aliphatic carbocycles. The number of nitrogens with zero attached hydrogens (tertiary/aromatic N) is 1. The summed E-state index contributed by atoms with van der Waals surface area (Å²) in [6.07, 6.45) is 6.17. The van der Waals surface area contributed by atoms with Gasteiger partial charge in [-0.1, -0.05) is 42.5 Å². The third-order valence-corrected chi connectivity index (χ3v) is 6.27. The molecule has 2 N–H and O–H groups in total. The summed E-state index contributed by atoms with van der Waals surface area (Å²) in [6.45, 7) is 2.14. The lowest BCUT2D eigenvalue weighted by Gasteiger charge is -2.32. The molecule has 0 spiro atoms. The third kappa shape index (κ3) is 6.53. The summed E-state index contributed by atoms with van der Waals surface area (Å²) in [7, 11) is 0. The van der Waals surface area contributed by atoms with Gasteiger partial charge < -0.3 is 15.5 Å². The van der Waals surface area contributed by atoms with Crippen LogP contribution in [0.2, 0.25) is 0 Å². The molecule has 3 atom stereocenters. The Morgan fingerprint density at radius 3 is 2.43 bits per heavy atom. The van der Waals surface area contributed by atoms with Gasteiger partial charge in [0.25, 0.3) is 0 Å². The number of nitrogens with one attached hydrogen (secondary N) is 2. The Bertz CT molecular complexity index is 1100. The normalized spacial score (nSPS) is 20.8. The van der Waals surface area contributed by atoms with E-state index in [1.165, 1.54) is 6.92 Å². The molecule has 1 saturated carbocycles. The van der Waals surface area contributed by atoms with Crippen LogP contribution >= 0.6 is 0 Å². The Labute approximate surface area is 203 Å². The fraction of sp³-hybridized carbons (Fsp3) is 0.370. The lowest BCUT2D eigenvalue weighted by molar-refractivity contribution is -0.138. The van der Waals surface area contributed by atoms with Crippen molar-refractivity contribution in [2.24, 2.45) is 5.92 Å². The number of amides is 3. The minimum atomic E-state index is -0.928. The molecule has 0 saturated heterocycles. The van der Waals surface area contributed by atoms with Crippen LogP contribution in [-0.4, -0.2) is 41.2 Å². The van der Waals surface area contributed by atoms with E-state index >= 15 is 0 Å². The van der Waals surface area contributed by atoms with E-state index in [4.69, 9.17) is 0 Å². The number of hydrogen-bond donors (Lipinski definition) is 2. The zero-order valence-corrected chi connectivity index (χ0v) is 19.5. The molecule has 1 aliphatic heterocycles. The monoisotopic (exact) mass is 481 g/mol. The molecule has 1 heterocycles. The van der Waals surface area contributed by atoms with Crippen molar-refractivity contribution in [3.05, 3.63) is 83.4 Å². The van der Waals surface area contributed by atoms with E-state index in [2.05, 4.69) is 10.6 Å². The minimum Gasteiger partial charge on any atom is -0.344 e. The molecule has 0 aromatic heterocycles. The molecule has 184 valence electrons. The van der Waals surface area contributed by atoms with Gasteiger partial charge in [0.1, 0.15) is 23.7 Å². The maximum Gasteiger partial charge on any atom is 0.246 e. The van der Waals surface area contributed by atoms with Gasteiger partial charge in [0.15, 0.2) is 0 Å². The fourth-order valence-electron chi connectivity index (χ4n) is 4.28. The van der Waals surface area contributed by atoms with Crippen molar-refractivity contribution in [2.75, 3.05) is 6.54 Å². The maximum atomic E-state index is 13.5. The first-order valence-corrected chi connectivity index (χ1v) is 11.9. The van der Waals surface area contributed by atoms with Gasteiger partial charge in [0.05, 0.1) is 12.5 Å². The molecule has 6 nitrogen and oxygen atoms in total. The quantitative estimate of drug-likeness (QED) is 0.567. The van der Waals surface area contributed by atoms with Gasteiger partial charge in [-0.2, -0.15) is 0 Å². The molecule has 35 heavy (non-hydrogen) atoms. The Kier molecular flexibility index (Phi) is 7.58. The smallest absolute Gasteiger partial charge is 0.246 e. The predicted octanol–water partition coefficient (Wildman–Crippen LogP) is 3.44. The van der Waals surface area contributed by atoms with E-state index in [0.717, 1.165) is 36.6 Å². The lowest BCUT2D eigenvalue weighted by Crippen LogP contribution is -2.53. The van der Waals surface area contributed by atoms with Crippen molar-refractivity contribution in [1.29, 1.82) is 0 Å². The molecule has 2 aromatic rings. The van der Waals surface area contributed by atoms with Crippen LogP contribution in [0, 0.1) is 17.6 Å². The fourth-order valence-corrected chi connectivity index (χ4v) is 4.28. The van der Waals surface area contributed by atoms with Crippen molar-refractivity contribution in [3.8, 4) is 0 Å². The third-order valence-electron chi connectivity index (χ3n) is 6.27. The summed E-state index contributed by atoms with van der Waals surface area (Å²) in [5, 5.41) is 5.31. The van der Waals surface area contributed by atoms with E-state index < -0.39 is 35.5 Å². The van der Waals surface area contributed by atoms with E-state index in [1.54, 1.807) is 0 Å². The van der Waals surface area contributed by atoms with Crippen molar-refractivity contribution < 1.29 is 23.2 Å². The van der Waals surface area contributed by atoms with E-state index in [9.17, 15) is 23.2 Å². The van der Waals surface area contributed by atoms with Crippen molar-refractivity contribution >= 4 is 17.7 Å². The molecular weight excluding hydrogens is 452 g/mol. The van der Waals surface area contributed by atoms with Crippen molar-refractivity contribution in [2.45, 2.75) is 50.7 Å². The highest BCUT2D eigenvalue weighted by atomic mass is 19.1. The average molecular weight is 482 g/mol. The highest BCUT2D eigenvalue weighted by Crippen LogP contribution is 2.35. The molecule has 8 heteroatoms. The van der Waals surface area contributed by atoms with Crippen LogP contribution in [0.5, 0.6) is 0 Å². The van der Waals surface area contributed by atoms with Crippen LogP contribution in [0.1, 0.15) is 43.4 Å². The minimum absolute atomic E-state index is 0.155. The highest BCUT2D eigenvalue weighted by Gasteiger charge is 2.36. The van der Waals surface area contributed by atoms with Gasteiger partial charge in [-0.15, -0.1) is 0 Å². The summed E-state index contributed by atoms with van der Waals surface area (Å²) < 4.78 is 26.7. The van der Waals surface area contributed by atoms with Crippen molar-refractivity contribution in [3.63, 3.8) is 0 Å². The van der Waals surface area contributed by atoms with E-state index in [-0.39, 0.29) is 23.9 Å². The Morgan fingerprint density at radius 1 is 1.09 bits per heavy atom. The van der Waals surface area contributed by atoms with Crippen LogP contribution in [0.4, 0.5) is 8.78 Å². The van der Waals surface area contributed by atoms with Gasteiger partial charge in [-0.25, -0.2) is 8.78 Å². The van der Waals surface area contributed by atoms with Gasteiger partial charge >= 0.3 is 0 Å². The summed E-state index contributed by atoms with van der Waals surface area (Å²) >= 11 is 0. The van der Waals surface area contributed by atoms with Crippen LogP contribution in [-0.2, 0) is 20.8 Å². The van der Waals surface area contributed by atoms with Gasteiger partial charge in [-0.3, -0.25) is 14.4 Å². The van der Waals surface area contributed by atoms with Gasteiger partial charge in [0, 0.05) is 12.6 Å². The Balaban J connectivity index is 1.39. The molecule has 3 amide bonds. The molecule has 0 bridgehead atoms. The maximum absolute atomic E-state index is 13.5. The average Bonchev–Trinajstić information content (AvgIpc) is 3.64. The predicted molar refractivity (Wildman–Crippen MR) is 127 cm³/mol. The Morgan fingerprint density at radius 2 is 1.77 bits per heavy atom. The number of hydrogen-bond acceptors (Lipinski definition) is 3. The molecule has 0 radical (unpaired) electrons. The van der Waals surface area contributed by atoms with Gasteiger partial charge in [0.2, 0.25) is 17.7 Å². The first-order chi connectivity index (χ1) is 16.8. The number of benzene rings is 2. The van der Waals surface area contributed by atoms with Crippen LogP contribution in [0.15, 0.2) is 60.7 Å². The molecule has 0 unspecified atom stereocenters. The zero-order valence-electron chi connectivity index (χ0n) is 19.5. The van der Waals surface area contributed by atoms with Crippen LogP contribution in [0.3, 0.4) is 0 Å². The SMILES string of the molecule is C[C@H](NC(=O)Cc1cc(F)cc(F)c1)C(=O)N[C@@H]1CC=C[C@H](c2ccccc2)N(CC2CC2)C1=O. The second-order valence-electron chi connectivity index (χ2n) is 9.26. The van der Waals surface area contributed by atoms with Crippen LogP contribution < -0.4 is 10.6 Å². The largest absolute Gasteiger partial charge is 0.344 e. The summed E-state index contributed by atoms with van der Waals surface area (Å²) in [4.78, 5) is 40.5. The standard InChI is InChI=1S/C27H29F2N3O3/c1-17(30-25(33)14-19-12-21(28)15-22(29)13-19)26(34)31-23-8-5-9-24(20-6-3-2-4-7-20)32(27(23)35)16-18-10-11-18/h2-7,9,12-13,15,17-18,23-24H,8,10-11,14,16H2,1H3,(H,30,33)(H,31,34)/t17-,23+,24+/m0/s1. The number of rotatable bonds is 8. The topological polar surface area (TPSA) is 78.5 Å². The molecule has 2 aliphatic rings. The summed E-state index contributed by atoms with van der Waals surface area (Å²) in [6, 6.07) is 10.8. The highest BCUT2D eigenvalue weighted by molar-refractivity contribution is 5.92. The van der Waals surface area contributed by atoms with Crippen LogP contribution in [0.25, 0.3) is 0 Å². The lowest BCUT2D eigenvalue weighted by atomic mass is 10.0. The second-order valence-corrected chi connectivity index (χ2v) is 9.26. The second kappa shape index (κ2) is 10.8. The zero-order chi connectivity index (χ0) is 24.9. The molecule has 4 rings (SSSR count). The molecule has 2 aromatic carbocycles. The van der Waals surface area contributed by atoms with Gasteiger partial charge in [-0.05, 0) is 55.4 Å². The number of carbonyl (C=O) groups is 3. The van der Waals surface area contributed by atoms with Crippen molar-refractivity contribution in [1.82, 2.24) is 15.5 Å². The first kappa shape index (κ1) is 24.6. The Hall–Kier alpha value is -3.55. The number of halogens is 2. The summed E-state index contributed by atoms with van der Waals surface area (Å²) in [5.74, 6) is -2.28. The molecule has 1 fully saturated rings. The molecular formula is C27H29F2N3O3. The van der Waals surface area contributed by atoms with E-state index in [0.29, 0.717) is 18.9 Å². The first-order valence-electron chi connectivity index (χ1n) is 11.9. The van der Waals surface area contributed by atoms with E-state index in [1.807, 2.05) is 47.4 Å². The number of carbonyl (C=O) groups excluding carboxylic acids is 3. The summed E-state index contributed by atoms with van der Waals surface area (Å²) in [5.41, 5.74) is 1.18.